The second-order valence-corrected chi connectivity index (χ2v) is 4.88. The number of likely N-dealkylation sites (tertiary alicyclic amines) is 1. The third-order valence-electron chi connectivity index (χ3n) is 3.51. The van der Waals surface area contributed by atoms with E-state index in [0.29, 0.717) is 11.6 Å². The molecule has 1 heterocycles. The quantitative estimate of drug-likeness (QED) is 0.657. The van der Waals surface area contributed by atoms with Crippen LogP contribution in [0.2, 0.25) is 0 Å². The predicted octanol–water partition coefficient (Wildman–Crippen LogP) is 2.49. The van der Waals surface area contributed by atoms with Crippen molar-refractivity contribution in [2.75, 3.05) is 31.5 Å². The highest BCUT2D eigenvalue weighted by Gasteiger charge is 2.21. The second kappa shape index (κ2) is 5.97. The van der Waals surface area contributed by atoms with Crippen molar-refractivity contribution in [1.82, 2.24) is 4.90 Å². The van der Waals surface area contributed by atoms with Gasteiger partial charge in [0.1, 0.15) is 5.82 Å². The van der Waals surface area contributed by atoms with Crippen molar-refractivity contribution in [1.29, 1.82) is 0 Å². The molecule has 0 aliphatic carbocycles. The van der Waals surface area contributed by atoms with Crippen LogP contribution in [0.15, 0.2) is 18.2 Å². The molecule has 1 aromatic rings. The maximum Gasteiger partial charge on any atom is 0.274 e. The molecular formula is C13H18FN3O2. The lowest BCUT2D eigenvalue weighted by molar-refractivity contribution is -0.385. The van der Waals surface area contributed by atoms with E-state index in [1.165, 1.54) is 12.1 Å². The maximum absolute atomic E-state index is 13.3. The van der Waals surface area contributed by atoms with Crippen molar-refractivity contribution in [3.63, 3.8) is 0 Å². The highest BCUT2D eigenvalue weighted by Crippen LogP contribution is 2.22. The predicted molar refractivity (Wildman–Crippen MR) is 71.8 cm³/mol. The Morgan fingerprint density at radius 2 is 2.32 bits per heavy atom. The minimum absolute atomic E-state index is 0.218. The topological polar surface area (TPSA) is 58.4 Å². The van der Waals surface area contributed by atoms with Crippen LogP contribution in [0.1, 0.15) is 13.3 Å². The van der Waals surface area contributed by atoms with Crippen LogP contribution in [0.25, 0.3) is 0 Å². The van der Waals surface area contributed by atoms with E-state index in [9.17, 15) is 14.5 Å². The zero-order valence-electron chi connectivity index (χ0n) is 10.9. The summed E-state index contributed by atoms with van der Waals surface area (Å²) in [6.45, 7) is 6.01. The van der Waals surface area contributed by atoms with Gasteiger partial charge in [0.25, 0.3) is 5.69 Å². The van der Waals surface area contributed by atoms with E-state index in [-0.39, 0.29) is 5.69 Å². The van der Waals surface area contributed by atoms with Crippen LogP contribution in [0.3, 0.4) is 0 Å². The largest absolute Gasteiger partial charge is 0.384 e. The maximum atomic E-state index is 13.3. The van der Waals surface area contributed by atoms with Crippen LogP contribution in [-0.2, 0) is 0 Å². The standard InChI is InChI=1S/C13H18FN3O2/c1-2-16-4-3-10(9-16)8-15-12-5-11(14)6-13(7-12)17(18)19/h5-7,10,15H,2-4,8-9H2,1H3. The number of rotatable bonds is 5. The Bertz CT molecular complexity index is 467. The van der Waals surface area contributed by atoms with Crippen molar-refractivity contribution in [3.05, 3.63) is 34.1 Å². The summed E-state index contributed by atoms with van der Waals surface area (Å²) in [5.74, 6) is -0.0689. The zero-order valence-corrected chi connectivity index (χ0v) is 10.9. The average Bonchev–Trinajstić information content (AvgIpc) is 2.83. The van der Waals surface area contributed by atoms with Crippen LogP contribution in [0.5, 0.6) is 0 Å². The minimum atomic E-state index is -0.585. The lowest BCUT2D eigenvalue weighted by Crippen LogP contribution is -2.22. The number of hydrogen-bond acceptors (Lipinski definition) is 4. The summed E-state index contributed by atoms with van der Waals surface area (Å²) in [4.78, 5) is 12.4. The number of nitro groups is 1. The molecule has 6 heteroatoms. The molecule has 0 saturated carbocycles. The van der Waals surface area contributed by atoms with Gasteiger partial charge < -0.3 is 10.2 Å². The summed E-state index contributed by atoms with van der Waals surface area (Å²) in [5, 5.41) is 13.7. The molecule has 0 bridgehead atoms. The number of non-ortho nitro benzene ring substituents is 1. The van der Waals surface area contributed by atoms with Gasteiger partial charge in [0.2, 0.25) is 0 Å². The Balaban J connectivity index is 1.94. The summed E-state index contributed by atoms with van der Waals surface area (Å²) in [6.07, 6.45) is 1.11. The van der Waals surface area contributed by atoms with E-state index >= 15 is 0 Å². The summed E-state index contributed by atoms with van der Waals surface area (Å²) >= 11 is 0. The molecule has 1 atom stereocenters. The van der Waals surface area contributed by atoms with E-state index in [1.807, 2.05) is 0 Å². The number of anilines is 1. The first-order valence-electron chi connectivity index (χ1n) is 6.49. The van der Waals surface area contributed by atoms with Gasteiger partial charge in [-0.25, -0.2) is 4.39 Å². The summed E-state index contributed by atoms with van der Waals surface area (Å²) in [7, 11) is 0. The molecule has 1 fully saturated rings. The van der Waals surface area contributed by atoms with Gasteiger partial charge in [-0.05, 0) is 31.5 Å². The molecule has 1 N–H and O–H groups in total. The Kier molecular flexibility index (Phi) is 4.31. The van der Waals surface area contributed by atoms with Crippen molar-refractivity contribution < 1.29 is 9.31 Å². The van der Waals surface area contributed by atoms with Crippen molar-refractivity contribution in [2.45, 2.75) is 13.3 Å². The third-order valence-corrected chi connectivity index (χ3v) is 3.51. The molecule has 104 valence electrons. The first-order valence-corrected chi connectivity index (χ1v) is 6.49. The normalized spacial score (nSPS) is 19.6. The molecule has 0 spiro atoms. The number of halogens is 1. The molecule has 19 heavy (non-hydrogen) atoms. The van der Waals surface area contributed by atoms with Gasteiger partial charge in [0, 0.05) is 24.8 Å². The lowest BCUT2D eigenvalue weighted by Gasteiger charge is -2.14. The average molecular weight is 267 g/mol. The number of nitrogens with one attached hydrogen (secondary N) is 1. The van der Waals surface area contributed by atoms with Crippen LogP contribution in [-0.4, -0.2) is 36.0 Å². The number of nitrogens with zero attached hydrogens (tertiary/aromatic N) is 2. The summed E-state index contributed by atoms with van der Waals surface area (Å²) in [5.41, 5.74) is 0.255. The molecule has 0 radical (unpaired) electrons. The van der Waals surface area contributed by atoms with E-state index < -0.39 is 10.7 Å². The molecule has 1 aliphatic rings. The Labute approximate surface area is 111 Å². The van der Waals surface area contributed by atoms with Crippen molar-refractivity contribution >= 4 is 11.4 Å². The van der Waals surface area contributed by atoms with Gasteiger partial charge >= 0.3 is 0 Å². The fourth-order valence-corrected chi connectivity index (χ4v) is 2.41. The van der Waals surface area contributed by atoms with Crippen molar-refractivity contribution in [2.24, 2.45) is 5.92 Å². The Hall–Kier alpha value is -1.69. The fraction of sp³-hybridized carbons (Fsp3) is 0.538. The molecule has 0 amide bonds. The van der Waals surface area contributed by atoms with E-state index in [1.54, 1.807) is 0 Å². The molecule has 5 nitrogen and oxygen atoms in total. The number of benzene rings is 1. The molecule has 1 unspecified atom stereocenters. The van der Waals surface area contributed by atoms with E-state index in [2.05, 4.69) is 17.1 Å². The van der Waals surface area contributed by atoms with Crippen molar-refractivity contribution in [3.8, 4) is 0 Å². The SMILES string of the molecule is CCN1CCC(CNc2cc(F)cc([N+](=O)[O-])c2)C1. The van der Waals surface area contributed by atoms with Gasteiger partial charge in [-0.15, -0.1) is 0 Å². The van der Waals surface area contributed by atoms with Crippen LogP contribution in [0, 0.1) is 21.8 Å². The highest BCUT2D eigenvalue weighted by atomic mass is 19.1. The third kappa shape index (κ3) is 3.64. The molecule has 1 saturated heterocycles. The molecule has 1 aliphatic heterocycles. The molecular weight excluding hydrogens is 249 g/mol. The fourth-order valence-electron chi connectivity index (χ4n) is 2.41. The Morgan fingerprint density at radius 1 is 1.53 bits per heavy atom. The van der Waals surface area contributed by atoms with Crippen LogP contribution >= 0.6 is 0 Å². The van der Waals surface area contributed by atoms with Gasteiger partial charge in [0.15, 0.2) is 0 Å². The van der Waals surface area contributed by atoms with Crippen LogP contribution < -0.4 is 5.32 Å². The summed E-state index contributed by atoms with van der Waals surface area (Å²) in [6, 6.07) is 3.59. The monoisotopic (exact) mass is 267 g/mol. The van der Waals surface area contributed by atoms with Gasteiger partial charge in [-0.2, -0.15) is 0 Å². The molecule has 2 rings (SSSR count). The molecule has 0 aromatic heterocycles. The first-order chi connectivity index (χ1) is 9.08. The highest BCUT2D eigenvalue weighted by molar-refractivity contribution is 5.51. The number of hydrogen-bond donors (Lipinski definition) is 1. The minimum Gasteiger partial charge on any atom is -0.384 e. The second-order valence-electron chi connectivity index (χ2n) is 4.88. The lowest BCUT2D eigenvalue weighted by atomic mass is 10.1. The Morgan fingerprint density at radius 3 is 2.95 bits per heavy atom. The van der Waals surface area contributed by atoms with Gasteiger partial charge in [-0.1, -0.05) is 6.92 Å². The van der Waals surface area contributed by atoms with Crippen LogP contribution in [0.4, 0.5) is 15.8 Å². The number of nitro benzene ring substituents is 1. The van der Waals surface area contributed by atoms with E-state index in [4.69, 9.17) is 0 Å². The first kappa shape index (κ1) is 13.7. The van der Waals surface area contributed by atoms with Gasteiger partial charge in [0.05, 0.1) is 11.0 Å². The van der Waals surface area contributed by atoms with Gasteiger partial charge in [-0.3, -0.25) is 10.1 Å². The van der Waals surface area contributed by atoms with E-state index in [0.717, 1.165) is 38.7 Å². The summed E-state index contributed by atoms with van der Waals surface area (Å²) < 4.78 is 13.3. The smallest absolute Gasteiger partial charge is 0.274 e. The zero-order chi connectivity index (χ0) is 13.8. The molecule has 1 aromatic carbocycles.